The number of rotatable bonds is 4. The number of thiazole rings is 1. The topological polar surface area (TPSA) is 97.1 Å². The lowest BCUT2D eigenvalue weighted by Gasteiger charge is -1.99. The molecule has 0 aliphatic heterocycles. The van der Waals surface area contributed by atoms with Crippen molar-refractivity contribution in [1.82, 2.24) is 4.98 Å². The van der Waals surface area contributed by atoms with Crippen molar-refractivity contribution in [3.63, 3.8) is 0 Å². The van der Waals surface area contributed by atoms with Gasteiger partial charge in [0, 0.05) is 25.6 Å². The summed E-state index contributed by atoms with van der Waals surface area (Å²) >= 11 is 1.36. The van der Waals surface area contributed by atoms with E-state index in [1.165, 1.54) is 18.3 Å². The van der Waals surface area contributed by atoms with Crippen molar-refractivity contribution in [3.8, 4) is 0 Å². The van der Waals surface area contributed by atoms with E-state index >= 15 is 0 Å². The van der Waals surface area contributed by atoms with Gasteiger partial charge in [0.25, 0.3) is 0 Å². The molecule has 1 heterocycles. The highest BCUT2D eigenvalue weighted by atomic mass is 32.1. The van der Waals surface area contributed by atoms with Crippen LogP contribution in [-0.4, -0.2) is 23.3 Å². The van der Waals surface area contributed by atoms with Gasteiger partial charge in [-0.25, -0.2) is 4.98 Å². The minimum absolute atomic E-state index is 0.125. The zero-order valence-electron chi connectivity index (χ0n) is 10.4. The van der Waals surface area contributed by atoms with Crippen molar-refractivity contribution < 1.29 is 9.59 Å². The van der Waals surface area contributed by atoms with E-state index in [-0.39, 0.29) is 18.2 Å². The maximum Gasteiger partial charge on any atom is 0.227 e. The number of amides is 2. The summed E-state index contributed by atoms with van der Waals surface area (Å²) in [5.41, 5.74) is 6.80. The van der Waals surface area contributed by atoms with Gasteiger partial charge in [0.15, 0.2) is 5.13 Å². The first-order valence-electron chi connectivity index (χ1n) is 5.76. The van der Waals surface area contributed by atoms with Crippen LogP contribution in [0.2, 0.25) is 0 Å². The zero-order chi connectivity index (χ0) is 13.8. The average Bonchev–Trinajstić information content (AvgIpc) is 2.69. The summed E-state index contributed by atoms with van der Waals surface area (Å²) in [6.45, 7) is 1.76. The summed E-state index contributed by atoms with van der Waals surface area (Å²) < 4.78 is 0.897. The highest BCUT2D eigenvalue weighted by molar-refractivity contribution is 7.22. The summed E-state index contributed by atoms with van der Waals surface area (Å²) in [7, 11) is 0. The molecule has 19 heavy (non-hydrogen) atoms. The largest absolute Gasteiger partial charge is 0.330 e. The Balaban J connectivity index is 2.20. The number of hydrogen-bond acceptors (Lipinski definition) is 5. The number of fused-ring (bicyclic) bond motifs is 1. The lowest BCUT2D eigenvalue weighted by atomic mass is 10.3. The highest BCUT2D eigenvalue weighted by Crippen LogP contribution is 2.28. The van der Waals surface area contributed by atoms with Crippen molar-refractivity contribution in [3.05, 3.63) is 18.2 Å². The summed E-state index contributed by atoms with van der Waals surface area (Å²) in [5, 5.41) is 5.93. The van der Waals surface area contributed by atoms with E-state index in [4.69, 9.17) is 5.73 Å². The van der Waals surface area contributed by atoms with Crippen molar-refractivity contribution >= 4 is 44.2 Å². The summed E-state index contributed by atoms with van der Waals surface area (Å²) in [5.74, 6) is -0.274. The number of anilines is 2. The van der Waals surface area contributed by atoms with Gasteiger partial charge in [0.1, 0.15) is 0 Å². The van der Waals surface area contributed by atoms with Gasteiger partial charge in [-0.2, -0.15) is 0 Å². The number of nitrogens with zero attached hydrogens (tertiary/aromatic N) is 1. The molecule has 0 fully saturated rings. The quantitative estimate of drug-likeness (QED) is 0.790. The van der Waals surface area contributed by atoms with E-state index in [2.05, 4.69) is 15.6 Å². The van der Waals surface area contributed by atoms with Crippen LogP contribution in [0.1, 0.15) is 13.3 Å². The second-order valence-corrected chi connectivity index (χ2v) is 5.00. The Morgan fingerprint density at radius 2 is 2.16 bits per heavy atom. The Labute approximate surface area is 114 Å². The molecule has 100 valence electrons. The highest BCUT2D eigenvalue weighted by Gasteiger charge is 2.08. The fraction of sp³-hybridized carbons (Fsp3) is 0.250. The lowest BCUT2D eigenvalue weighted by molar-refractivity contribution is -0.116. The molecule has 0 radical (unpaired) electrons. The van der Waals surface area contributed by atoms with Crippen molar-refractivity contribution in [2.24, 2.45) is 5.73 Å². The number of carbonyl (C=O) groups excluding carboxylic acids is 2. The molecule has 0 spiro atoms. The molecule has 6 nitrogen and oxygen atoms in total. The minimum atomic E-state index is -0.149. The number of carbonyl (C=O) groups is 2. The number of benzene rings is 1. The smallest absolute Gasteiger partial charge is 0.227 e. The van der Waals surface area contributed by atoms with E-state index in [0.717, 1.165) is 10.2 Å². The van der Waals surface area contributed by atoms with Gasteiger partial charge < -0.3 is 16.4 Å². The first-order valence-corrected chi connectivity index (χ1v) is 6.58. The predicted octanol–water partition coefficient (Wildman–Crippen LogP) is 1.54. The van der Waals surface area contributed by atoms with E-state index in [1.807, 2.05) is 6.07 Å². The maximum absolute atomic E-state index is 11.4. The van der Waals surface area contributed by atoms with Crippen molar-refractivity contribution in [1.29, 1.82) is 0 Å². The van der Waals surface area contributed by atoms with Gasteiger partial charge in [-0.1, -0.05) is 11.3 Å². The molecule has 2 rings (SSSR count). The molecular formula is C12H14N4O2S. The molecule has 2 aromatic rings. The molecule has 2 amide bonds. The monoisotopic (exact) mass is 278 g/mol. The lowest BCUT2D eigenvalue weighted by Crippen LogP contribution is -2.15. The Morgan fingerprint density at radius 3 is 2.84 bits per heavy atom. The first kappa shape index (κ1) is 13.4. The Morgan fingerprint density at radius 1 is 1.37 bits per heavy atom. The van der Waals surface area contributed by atoms with Gasteiger partial charge in [-0.15, -0.1) is 0 Å². The number of hydrogen-bond donors (Lipinski definition) is 3. The van der Waals surface area contributed by atoms with Crippen LogP contribution >= 0.6 is 11.3 Å². The predicted molar refractivity (Wildman–Crippen MR) is 76.2 cm³/mol. The third-order valence-corrected chi connectivity index (χ3v) is 3.26. The van der Waals surface area contributed by atoms with Gasteiger partial charge >= 0.3 is 0 Å². The van der Waals surface area contributed by atoms with Gasteiger partial charge in [0.2, 0.25) is 11.8 Å². The summed E-state index contributed by atoms with van der Waals surface area (Å²) in [6.07, 6.45) is 0.271. The number of nitrogens with one attached hydrogen (secondary N) is 2. The van der Waals surface area contributed by atoms with Crippen LogP contribution in [0.4, 0.5) is 10.8 Å². The van der Waals surface area contributed by atoms with Crippen molar-refractivity contribution in [2.45, 2.75) is 13.3 Å². The van der Waals surface area contributed by atoms with Crippen LogP contribution < -0.4 is 16.4 Å². The molecule has 0 saturated carbocycles. The Hall–Kier alpha value is -1.99. The molecule has 0 aliphatic carbocycles. The molecule has 0 atom stereocenters. The van der Waals surface area contributed by atoms with Crippen LogP contribution in [0.5, 0.6) is 0 Å². The summed E-state index contributed by atoms with van der Waals surface area (Å²) in [6, 6.07) is 5.40. The summed E-state index contributed by atoms with van der Waals surface area (Å²) in [4.78, 5) is 26.7. The molecule has 0 unspecified atom stereocenters. The van der Waals surface area contributed by atoms with Crippen LogP contribution in [0.3, 0.4) is 0 Å². The van der Waals surface area contributed by atoms with E-state index in [9.17, 15) is 9.59 Å². The molecule has 1 aromatic carbocycles. The fourth-order valence-electron chi connectivity index (χ4n) is 1.57. The van der Waals surface area contributed by atoms with E-state index in [1.54, 1.807) is 12.1 Å². The van der Waals surface area contributed by atoms with Crippen LogP contribution in [0.25, 0.3) is 10.2 Å². The third kappa shape index (κ3) is 3.49. The fourth-order valence-corrected chi connectivity index (χ4v) is 2.49. The van der Waals surface area contributed by atoms with Gasteiger partial charge in [-0.3, -0.25) is 9.59 Å². The molecule has 0 bridgehead atoms. The third-order valence-electron chi connectivity index (χ3n) is 2.33. The number of aromatic nitrogens is 1. The van der Waals surface area contributed by atoms with Crippen LogP contribution in [0.15, 0.2) is 18.2 Å². The molecule has 1 aromatic heterocycles. The average molecular weight is 278 g/mol. The maximum atomic E-state index is 11.4. The molecular weight excluding hydrogens is 264 g/mol. The SMILES string of the molecule is CC(=O)Nc1ccc2nc(NC(=O)CCN)sc2c1. The second kappa shape index (κ2) is 5.77. The van der Waals surface area contributed by atoms with Crippen LogP contribution in [0, 0.1) is 0 Å². The number of nitrogens with two attached hydrogens (primary N) is 1. The van der Waals surface area contributed by atoms with E-state index < -0.39 is 0 Å². The van der Waals surface area contributed by atoms with Gasteiger partial charge in [0.05, 0.1) is 10.2 Å². The Kier molecular flexibility index (Phi) is 4.08. The first-order chi connectivity index (χ1) is 9.08. The normalized spacial score (nSPS) is 10.4. The van der Waals surface area contributed by atoms with Crippen molar-refractivity contribution in [2.75, 3.05) is 17.2 Å². The second-order valence-electron chi connectivity index (χ2n) is 3.97. The van der Waals surface area contributed by atoms with Crippen LogP contribution in [-0.2, 0) is 9.59 Å². The standard InChI is InChI=1S/C12H14N4O2S/c1-7(17)14-8-2-3-9-10(6-8)19-12(15-9)16-11(18)4-5-13/h2-3,6H,4-5,13H2,1H3,(H,14,17)(H,15,16,18). The molecule has 0 saturated heterocycles. The molecule has 4 N–H and O–H groups in total. The zero-order valence-corrected chi connectivity index (χ0v) is 11.2. The molecule has 7 heteroatoms. The minimum Gasteiger partial charge on any atom is -0.330 e. The molecule has 0 aliphatic rings. The van der Waals surface area contributed by atoms with E-state index in [0.29, 0.717) is 17.4 Å². The Bertz CT molecular complexity index is 623. The van der Waals surface area contributed by atoms with Gasteiger partial charge in [-0.05, 0) is 18.2 Å².